The van der Waals surface area contributed by atoms with Crippen LogP contribution >= 0.6 is 0 Å². The molecular formula is C19H22N2O7S. The van der Waals surface area contributed by atoms with Crippen LogP contribution in [0.5, 0.6) is 11.5 Å². The number of anilines is 2. The van der Waals surface area contributed by atoms with Crippen LogP contribution in [0.4, 0.5) is 11.4 Å². The maximum absolute atomic E-state index is 12.7. The van der Waals surface area contributed by atoms with E-state index in [1.165, 1.54) is 64.7 Å². The molecule has 0 bridgehead atoms. The van der Waals surface area contributed by atoms with E-state index in [4.69, 9.17) is 14.2 Å². The van der Waals surface area contributed by atoms with Gasteiger partial charge in [0.15, 0.2) is 11.5 Å². The van der Waals surface area contributed by atoms with Crippen molar-refractivity contribution in [3.8, 4) is 11.5 Å². The molecule has 0 aliphatic heterocycles. The van der Waals surface area contributed by atoms with Crippen LogP contribution in [0.3, 0.4) is 0 Å². The third kappa shape index (κ3) is 5.38. The summed E-state index contributed by atoms with van der Waals surface area (Å²) in [4.78, 5) is 24.8. The first-order valence-corrected chi connectivity index (χ1v) is 10.2. The van der Waals surface area contributed by atoms with Gasteiger partial charge in [0, 0.05) is 23.4 Å². The summed E-state index contributed by atoms with van der Waals surface area (Å²) >= 11 is 0. The third-order valence-corrected chi connectivity index (χ3v) is 5.26. The molecule has 2 aromatic carbocycles. The van der Waals surface area contributed by atoms with Gasteiger partial charge in [-0.1, -0.05) is 6.07 Å². The lowest BCUT2D eigenvalue weighted by molar-refractivity contribution is 0.0601. The molecule has 0 fully saturated rings. The van der Waals surface area contributed by atoms with E-state index in [2.05, 4.69) is 10.0 Å². The van der Waals surface area contributed by atoms with Crippen molar-refractivity contribution in [1.82, 2.24) is 0 Å². The summed E-state index contributed by atoms with van der Waals surface area (Å²) in [5.41, 5.74) is 0.660. The van der Waals surface area contributed by atoms with Crippen molar-refractivity contribution in [3.63, 3.8) is 0 Å². The second-order valence-electron chi connectivity index (χ2n) is 5.78. The molecule has 0 unspecified atom stereocenters. The Morgan fingerprint density at radius 2 is 1.66 bits per heavy atom. The topological polar surface area (TPSA) is 120 Å². The number of nitrogens with one attached hydrogen (secondary N) is 2. The van der Waals surface area contributed by atoms with Gasteiger partial charge in [-0.3, -0.25) is 9.52 Å². The van der Waals surface area contributed by atoms with Gasteiger partial charge in [-0.25, -0.2) is 13.2 Å². The van der Waals surface area contributed by atoms with E-state index < -0.39 is 21.9 Å². The van der Waals surface area contributed by atoms with Gasteiger partial charge in [0.25, 0.3) is 5.91 Å². The fourth-order valence-electron chi connectivity index (χ4n) is 2.43. The number of amides is 1. The van der Waals surface area contributed by atoms with Crippen LogP contribution in [0, 0.1) is 0 Å². The smallest absolute Gasteiger partial charge is 0.340 e. The molecule has 9 nitrogen and oxygen atoms in total. The Labute approximate surface area is 169 Å². The zero-order valence-electron chi connectivity index (χ0n) is 16.4. The highest BCUT2D eigenvalue weighted by atomic mass is 32.2. The number of ether oxygens (including phenoxy) is 3. The number of hydrogen-bond donors (Lipinski definition) is 2. The standard InChI is InChI=1S/C19H22N2O7S/c1-5-29(24,25)21-13-8-6-7-12(9-13)18(22)20-15-11-17(27-3)16(26-2)10-14(15)19(23)28-4/h6-11,21H,5H2,1-4H3,(H,20,22). The van der Waals surface area contributed by atoms with Crippen LogP contribution in [-0.4, -0.2) is 47.4 Å². The highest BCUT2D eigenvalue weighted by molar-refractivity contribution is 7.92. The van der Waals surface area contributed by atoms with Gasteiger partial charge in [-0.2, -0.15) is 0 Å². The first kappa shape index (κ1) is 22.0. The monoisotopic (exact) mass is 422 g/mol. The summed E-state index contributed by atoms with van der Waals surface area (Å²) < 4.78 is 41.0. The average Bonchev–Trinajstić information content (AvgIpc) is 2.72. The highest BCUT2D eigenvalue weighted by Gasteiger charge is 2.20. The number of esters is 1. The number of methoxy groups -OCH3 is 3. The van der Waals surface area contributed by atoms with E-state index >= 15 is 0 Å². The van der Waals surface area contributed by atoms with Crippen molar-refractivity contribution in [2.45, 2.75) is 6.92 Å². The lowest BCUT2D eigenvalue weighted by atomic mass is 10.1. The summed E-state index contributed by atoms with van der Waals surface area (Å²) in [6.07, 6.45) is 0. The fourth-order valence-corrected chi connectivity index (χ4v) is 3.06. The summed E-state index contributed by atoms with van der Waals surface area (Å²) in [5, 5.41) is 2.62. The van der Waals surface area contributed by atoms with Crippen LogP contribution in [0.2, 0.25) is 0 Å². The van der Waals surface area contributed by atoms with Crippen molar-refractivity contribution in [3.05, 3.63) is 47.5 Å². The van der Waals surface area contributed by atoms with Crippen molar-refractivity contribution < 1.29 is 32.2 Å². The molecule has 0 aromatic heterocycles. The summed E-state index contributed by atoms with van der Waals surface area (Å²) in [7, 11) is 0.569. The Morgan fingerprint density at radius 1 is 1.00 bits per heavy atom. The molecule has 0 aliphatic rings. The average molecular weight is 422 g/mol. The van der Waals surface area contributed by atoms with E-state index in [-0.39, 0.29) is 28.3 Å². The van der Waals surface area contributed by atoms with Gasteiger partial charge < -0.3 is 19.5 Å². The molecule has 1 amide bonds. The van der Waals surface area contributed by atoms with Crippen molar-refractivity contribution >= 4 is 33.3 Å². The van der Waals surface area contributed by atoms with Gasteiger partial charge in [-0.15, -0.1) is 0 Å². The molecule has 10 heteroatoms. The molecule has 2 N–H and O–H groups in total. The zero-order valence-corrected chi connectivity index (χ0v) is 17.3. The quantitative estimate of drug-likeness (QED) is 0.627. The van der Waals surface area contributed by atoms with E-state index in [1.54, 1.807) is 0 Å². The molecule has 0 saturated heterocycles. The molecule has 0 aliphatic carbocycles. The third-order valence-electron chi connectivity index (χ3n) is 3.96. The van der Waals surface area contributed by atoms with Crippen LogP contribution in [0.15, 0.2) is 36.4 Å². The SMILES string of the molecule is CCS(=O)(=O)Nc1cccc(C(=O)Nc2cc(OC)c(OC)cc2C(=O)OC)c1. The largest absolute Gasteiger partial charge is 0.493 e. The number of carbonyl (C=O) groups excluding carboxylic acids is 2. The van der Waals surface area contributed by atoms with Gasteiger partial charge in [0.05, 0.1) is 38.3 Å². The van der Waals surface area contributed by atoms with E-state index in [1.807, 2.05) is 0 Å². The summed E-state index contributed by atoms with van der Waals surface area (Å²) in [5.74, 6) is -0.732. The minimum atomic E-state index is -3.49. The lowest BCUT2D eigenvalue weighted by Crippen LogP contribution is -2.17. The molecule has 0 saturated carbocycles. The predicted molar refractivity (Wildman–Crippen MR) is 108 cm³/mol. The van der Waals surface area contributed by atoms with E-state index in [0.29, 0.717) is 11.5 Å². The molecule has 0 spiro atoms. The number of rotatable bonds is 8. The zero-order chi connectivity index (χ0) is 21.6. The number of sulfonamides is 1. The Bertz CT molecular complexity index is 1020. The molecule has 0 radical (unpaired) electrons. The number of carbonyl (C=O) groups is 2. The first-order chi connectivity index (χ1) is 13.7. The number of benzene rings is 2. The van der Waals surface area contributed by atoms with Crippen LogP contribution in [0.25, 0.3) is 0 Å². The Balaban J connectivity index is 2.38. The lowest BCUT2D eigenvalue weighted by Gasteiger charge is -2.15. The fraction of sp³-hybridized carbons (Fsp3) is 0.263. The van der Waals surface area contributed by atoms with Crippen LogP contribution < -0.4 is 19.5 Å². The Morgan fingerprint density at radius 3 is 2.24 bits per heavy atom. The molecule has 0 atom stereocenters. The van der Waals surface area contributed by atoms with Crippen LogP contribution in [-0.2, 0) is 14.8 Å². The summed E-state index contributed by atoms with van der Waals surface area (Å²) in [6, 6.07) is 8.80. The van der Waals surface area contributed by atoms with Gasteiger partial charge in [0.1, 0.15) is 0 Å². The molecule has 0 heterocycles. The second kappa shape index (κ2) is 9.28. The van der Waals surface area contributed by atoms with Crippen molar-refractivity contribution in [2.24, 2.45) is 0 Å². The van der Waals surface area contributed by atoms with Gasteiger partial charge in [-0.05, 0) is 25.1 Å². The Kier molecular flexibility index (Phi) is 7.05. The number of hydrogen-bond acceptors (Lipinski definition) is 7. The molecular weight excluding hydrogens is 400 g/mol. The minimum Gasteiger partial charge on any atom is -0.493 e. The van der Waals surface area contributed by atoms with Crippen LogP contribution in [0.1, 0.15) is 27.6 Å². The molecule has 29 heavy (non-hydrogen) atoms. The maximum atomic E-state index is 12.7. The predicted octanol–water partition coefficient (Wildman–Crippen LogP) is 2.50. The second-order valence-corrected chi connectivity index (χ2v) is 7.80. The maximum Gasteiger partial charge on any atom is 0.340 e. The molecule has 2 aromatic rings. The van der Waals surface area contributed by atoms with Gasteiger partial charge >= 0.3 is 5.97 Å². The summed E-state index contributed by atoms with van der Waals surface area (Å²) in [6.45, 7) is 1.50. The normalized spacial score (nSPS) is 10.8. The van der Waals surface area contributed by atoms with Crippen molar-refractivity contribution in [1.29, 1.82) is 0 Å². The van der Waals surface area contributed by atoms with Gasteiger partial charge in [0.2, 0.25) is 10.0 Å². The highest BCUT2D eigenvalue weighted by Crippen LogP contribution is 2.34. The van der Waals surface area contributed by atoms with E-state index in [9.17, 15) is 18.0 Å². The Hall–Kier alpha value is -3.27. The first-order valence-electron chi connectivity index (χ1n) is 8.50. The molecule has 156 valence electrons. The van der Waals surface area contributed by atoms with Crippen molar-refractivity contribution in [2.75, 3.05) is 37.1 Å². The van der Waals surface area contributed by atoms with E-state index in [0.717, 1.165) is 0 Å². The minimum absolute atomic E-state index is 0.0707. The molecule has 2 rings (SSSR count).